The molecule has 0 spiro atoms. The van der Waals surface area contributed by atoms with E-state index in [1.54, 1.807) is 12.1 Å². The van der Waals surface area contributed by atoms with Gasteiger partial charge in [0, 0.05) is 10.9 Å². The Morgan fingerprint density at radius 2 is 2.07 bits per heavy atom. The fourth-order valence-corrected chi connectivity index (χ4v) is 1.75. The second-order valence-corrected chi connectivity index (χ2v) is 4.09. The summed E-state index contributed by atoms with van der Waals surface area (Å²) in [6.45, 7) is 0. The highest BCUT2D eigenvalue weighted by Crippen LogP contribution is 2.49. The van der Waals surface area contributed by atoms with E-state index < -0.39 is 11.5 Å². The smallest absolute Gasteiger partial charge is 0.324 e. The number of benzene rings is 1. The van der Waals surface area contributed by atoms with E-state index in [9.17, 15) is 4.79 Å². The lowest BCUT2D eigenvalue weighted by Crippen LogP contribution is -2.34. The van der Waals surface area contributed by atoms with Gasteiger partial charge in [-0.2, -0.15) is 0 Å². The first-order chi connectivity index (χ1) is 6.54. The van der Waals surface area contributed by atoms with E-state index in [0.29, 0.717) is 11.4 Å². The molecule has 3 N–H and O–H groups in total. The quantitative estimate of drug-likeness (QED) is 0.781. The van der Waals surface area contributed by atoms with Gasteiger partial charge in [0.2, 0.25) is 0 Å². The minimum atomic E-state index is -1.06. The molecular formula is C10H10ClNO2. The number of carbonyl (C=O) groups is 1. The van der Waals surface area contributed by atoms with Gasteiger partial charge >= 0.3 is 5.97 Å². The molecule has 0 aliphatic heterocycles. The van der Waals surface area contributed by atoms with Gasteiger partial charge in [-0.1, -0.05) is 23.7 Å². The van der Waals surface area contributed by atoms with Crippen LogP contribution in [-0.4, -0.2) is 16.6 Å². The first kappa shape index (κ1) is 9.49. The van der Waals surface area contributed by atoms with E-state index >= 15 is 0 Å². The first-order valence-electron chi connectivity index (χ1n) is 4.32. The van der Waals surface area contributed by atoms with Crippen LogP contribution in [-0.2, 0) is 4.79 Å². The van der Waals surface area contributed by atoms with Gasteiger partial charge in [0.25, 0.3) is 0 Å². The molecule has 0 saturated heterocycles. The molecule has 0 heterocycles. The molecule has 2 rings (SSSR count). The Kier molecular flexibility index (Phi) is 2.01. The molecule has 1 fully saturated rings. The zero-order valence-electron chi connectivity index (χ0n) is 7.40. The van der Waals surface area contributed by atoms with Crippen molar-refractivity contribution in [2.24, 2.45) is 5.73 Å². The minimum absolute atomic E-state index is 0.0720. The summed E-state index contributed by atoms with van der Waals surface area (Å²) < 4.78 is 0. The summed E-state index contributed by atoms with van der Waals surface area (Å²) in [5, 5.41) is 9.49. The molecule has 1 aliphatic carbocycles. The molecule has 3 nitrogen and oxygen atoms in total. The van der Waals surface area contributed by atoms with Crippen LogP contribution in [0.3, 0.4) is 0 Å². The van der Waals surface area contributed by atoms with Gasteiger partial charge in [-0.25, -0.2) is 0 Å². The maximum atomic E-state index is 10.8. The van der Waals surface area contributed by atoms with Crippen molar-refractivity contribution in [3.63, 3.8) is 0 Å². The summed E-state index contributed by atoms with van der Waals surface area (Å²) in [7, 11) is 0. The second kappa shape index (κ2) is 2.97. The van der Waals surface area contributed by atoms with E-state index in [1.807, 2.05) is 12.1 Å². The number of aliphatic carboxylic acids is 1. The SMILES string of the molecule is N[C@]1(C(=O)O)C[C@H]1c1ccc(Cl)cc1. The molecule has 0 bridgehead atoms. The van der Waals surface area contributed by atoms with E-state index in [-0.39, 0.29) is 5.92 Å². The Bertz CT molecular complexity index is 376. The molecular weight excluding hydrogens is 202 g/mol. The van der Waals surface area contributed by atoms with Crippen LogP contribution in [0.1, 0.15) is 17.9 Å². The molecule has 2 atom stereocenters. The Morgan fingerprint density at radius 3 is 2.50 bits per heavy atom. The van der Waals surface area contributed by atoms with Gasteiger partial charge in [-0.05, 0) is 24.1 Å². The molecule has 1 aromatic carbocycles. The number of rotatable bonds is 2. The highest BCUT2D eigenvalue weighted by molar-refractivity contribution is 6.30. The van der Waals surface area contributed by atoms with Crippen LogP contribution in [0.4, 0.5) is 0 Å². The molecule has 0 aromatic heterocycles. The van der Waals surface area contributed by atoms with Crippen molar-refractivity contribution in [2.75, 3.05) is 0 Å². The lowest BCUT2D eigenvalue weighted by Gasteiger charge is -2.05. The highest BCUT2D eigenvalue weighted by atomic mass is 35.5. The van der Waals surface area contributed by atoms with Crippen LogP contribution in [0.5, 0.6) is 0 Å². The van der Waals surface area contributed by atoms with Crippen LogP contribution in [0.15, 0.2) is 24.3 Å². The van der Waals surface area contributed by atoms with Crippen molar-refractivity contribution in [3.05, 3.63) is 34.9 Å². The van der Waals surface area contributed by atoms with Crippen molar-refractivity contribution in [3.8, 4) is 0 Å². The van der Waals surface area contributed by atoms with Gasteiger partial charge in [-0.3, -0.25) is 4.79 Å². The monoisotopic (exact) mass is 211 g/mol. The van der Waals surface area contributed by atoms with Gasteiger partial charge in [0.05, 0.1) is 0 Å². The number of carboxylic acids is 1. The Hall–Kier alpha value is -1.06. The summed E-state index contributed by atoms with van der Waals surface area (Å²) >= 11 is 5.72. The van der Waals surface area contributed by atoms with Crippen molar-refractivity contribution in [1.29, 1.82) is 0 Å². The summed E-state index contributed by atoms with van der Waals surface area (Å²) in [5.74, 6) is -1.00. The average molecular weight is 212 g/mol. The Labute approximate surface area is 86.5 Å². The van der Waals surface area contributed by atoms with Gasteiger partial charge in [0.15, 0.2) is 0 Å². The lowest BCUT2D eigenvalue weighted by atomic mass is 10.1. The molecule has 1 saturated carbocycles. The van der Waals surface area contributed by atoms with E-state index in [0.717, 1.165) is 5.56 Å². The molecule has 0 radical (unpaired) electrons. The van der Waals surface area contributed by atoms with Crippen molar-refractivity contribution < 1.29 is 9.90 Å². The van der Waals surface area contributed by atoms with Crippen molar-refractivity contribution in [1.82, 2.24) is 0 Å². The maximum Gasteiger partial charge on any atom is 0.324 e. The number of hydrogen-bond acceptors (Lipinski definition) is 2. The topological polar surface area (TPSA) is 63.3 Å². The van der Waals surface area contributed by atoms with Gasteiger partial charge < -0.3 is 10.8 Å². The van der Waals surface area contributed by atoms with Crippen LogP contribution < -0.4 is 5.73 Å². The summed E-state index contributed by atoms with van der Waals surface area (Å²) in [6.07, 6.45) is 0.504. The predicted molar refractivity (Wildman–Crippen MR) is 53.4 cm³/mol. The van der Waals surface area contributed by atoms with Gasteiger partial charge in [-0.15, -0.1) is 0 Å². The third kappa shape index (κ3) is 1.38. The fraction of sp³-hybridized carbons (Fsp3) is 0.300. The molecule has 0 unspecified atom stereocenters. The standard InChI is InChI=1S/C10H10ClNO2/c11-7-3-1-6(2-4-7)8-5-10(8,12)9(13)14/h1-4,8H,5,12H2,(H,13,14)/t8-,10+/m0/s1. The molecule has 1 aliphatic rings. The lowest BCUT2D eigenvalue weighted by molar-refractivity contribution is -0.139. The molecule has 0 amide bonds. The largest absolute Gasteiger partial charge is 0.480 e. The first-order valence-corrected chi connectivity index (χ1v) is 4.69. The summed E-state index contributed by atoms with van der Waals surface area (Å²) in [4.78, 5) is 10.8. The third-order valence-corrected chi connectivity index (χ3v) is 2.93. The van der Waals surface area contributed by atoms with E-state index in [2.05, 4.69) is 0 Å². The van der Waals surface area contributed by atoms with Gasteiger partial charge in [0.1, 0.15) is 5.54 Å². The number of hydrogen-bond donors (Lipinski definition) is 2. The van der Waals surface area contributed by atoms with Crippen LogP contribution >= 0.6 is 11.6 Å². The summed E-state index contributed by atoms with van der Waals surface area (Å²) in [5.41, 5.74) is 5.55. The van der Waals surface area contributed by atoms with E-state index in [1.165, 1.54) is 0 Å². The van der Waals surface area contributed by atoms with Crippen LogP contribution in [0, 0.1) is 0 Å². The summed E-state index contributed by atoms with van der Waals surface area (Å²) in [6, 6.07) is 7.14. The Morgan fingerprint density at radius 1 is 1.50 bits per heavy atom. The maximum absolute atomic E-state index is 10.8. The predicted octanol–water partition coefficient (Wildman–Crippen LogP) is 1.61. The average Bonchev–Trinajstić information content (AvgIpc) is 2.81. The third-order valence-electron chi connectivity index (χ3n) is 2.67. The molecule has 74 valence electrons. The minimum Gasteiger partial charge on any atom is -0.480 e. The zero-order valence-corrected chi connectivity index (χ0v) is 8.16. The van der Waals surface area contributed by atoms with Crippen molar-refractivity contribution in [2.45, 2.75) is 17.9 Å². The van der Waals surface area contributed by atoms with Crippen molar-refractivity contribution >= 4 is 17.6 Å². The highest BCUT2D eigenvalue weighted by Gasteiger charge is 2.58. The molecule has 4 heteroatoms. The second-order valence-electron chi connectivity index (χ2n) is 3.65. The zero-order chi connectivity index (χ0) is 10.3. The van der Waals surface area contributed by atoms with E-state index in [4.69, 9.17) is 22.4 Å². The molecule has 14 heavy (non-hydrogen) atoms. The fourth-order valence-electron chi connectivity index (χ4n) is 1.63. The van der Waals surface area contributed by atoms with Crippen LogP contribution in [0.25, 0.3) is 0 Å². The number of nitrogens with two attached hydrogens (primary N) is 1. The Balaban J connectivity index is 2.21. The number of halogens is 1. The number of carboxylic acid groups (broad SMARTS) is 1. The normalized spacial score (nSPS) is 30.0. The molecule has 1 aromatic rings. The van der Waals surface area contributed by atoms with Crippen LogP contribution in [0.2, 0.25) is 5.02 Å².